The number of carbonyl (C=O) groups is 1. The van der Waals surface area contributed by atoms with Crippen LogP contribution in [0.2, 0.25) is 0 Å². The predicted molar refractivity (Wildman–Crippen MR) is 152 cm³/mol. The molecule has 4 heteroatoms. The first-order chi connectivity index (χ1) is 17.6. The van der Waals surface area contributed by atoms with Gasteiger partial charge in [0.1, 0.15) is 0 Å². The van der Waals surface area contributed by atoms with Crippen molar-refractivity contribution in [2.45, 2.75) is 96.6 Å². The van der Waals surface area contributed by atoms with E-state index in [1.165, 1.54) is 62.1 Å². The number of ketones is 1. The van der Waals surface area contributed by atoms with E-state index in [-0.39, 0.29) is 12.0 Å². The van der Waals surface area contributed by atoms with E-state index in [1.54, 1.807) is 0 Å². The van der Waals surface area contributed by atoms with E-state index < -0.39 is 5.60 Å². The lowest BCUT2D eigenvalue weighted by atomic mass is 9.82. The highest BCUT2D eigenvalue weighted by atomic mass is 16.5. The average Bonchev–Trinajstić information content (AvgIpc) is 3.24. The van der Waals surface area contributed by atoms with Crippen molar-refractivity contribution < 1.29 is 9.53 Å². The van der Waals surface area contributed by atoms with Gasteiger partial charge in [-0.05, 0) is 25.5 Å². The van der Waals surface area contributed by atoms with Gasteiger partial charge in [-0.3, -0.25) is 4.79 Å². The number of ether oxygens (including phenoxy) is 1. The van der Waals surface area contributed by atoms with Gasteiger partial charge in [-0.15, -0.1) is 0 Å². The van der Waals surface area contributed by atoms with Crippen LogP contribution in [0.25, 0.3) is 21.8 Å². The summed E-state index contributed by atoms with van der Waals surface area (Å²) >= 11 is 0. The number of Topliss-reactive ketones (excluding diaryl/α,β-unsaturated/α-hetero) is 1. The van der Waals surface area contributed by atoms with Crippen molar-refractivity contribution in [2.75, 3.05) is 19.7 Å². The number of unbranched alkanes of at least 4 members (excludes halogenated alkanes) is 8. The summed E-state index contributed by atoms with van der Waals surface area (Å²) in [4.78, 5) is 14.3. The Balaban J connectivity index is 1.55. The van der Waals surface area contributed by atoms with Crippen LogP contribution in [-0.2, 0) is 9.53 Å². The Bertz CT molecular complexity index is 1060. The first-order valence-electron chi connectivity index (χ1n) is 14.4. The molecule has 1 N–H and O–H groups in total. The minimum atomic E-state index is -0.467. The number of fused-ring (bicyclic) bond motifs is 3. The summed E-state index contributed by atoms with van der Waals surface area (Å²) in [5.41, 5.74) is 1.85. The maximum absolute atomic E-state index is 14.3. The zero-order chi connectivity index (χ0) is 25.4. The summed E-state index contributed by atoms with van der Waals surface area (Å²) in [5, 5.41) is 5.90. The van der Waals surface area contributed by atoms with Gasteiger partial charge >= 0.3 is 0 Å². The van der Waals surface area contributed by atoms with E-state index >= 15 is 0 Å². The van der Waals surface area contributed by atoms with Gasteiger partial charge in [0.15, 0.2) is 5.78 Å². The van der Waals surface area contributed by atoms with E-state index in [4.69, 9.17) is 4.74 Å². The number of nitrogens with zero attached hydrogens (tertiary/aromatic N) is 1. The van der Waals surface area contributed by atoms with Crippen LogP contribution in [0.1, 0.15) is 91.0 Å². The lowest BCUT2D eigenvalue weighted by Crippen LogP contribution is -2.54. The summed E-state index contributed by atoms with van der Waals surface area (Å²) in [7, 11) is 0. The van der Waals surface area contributed by atoms with Crippen LogP contribution in [-0.4, -0.2) is 35.6 Å². The normalized spacial score (nSPS) is 20.1. The molecule has 0 radical (unpaired) electrons. The monoisotopic (exact) mass is 490 g/mol. The fourth-order valence-corrected chi connectivity index (χ4v) is 5.95. The van der Waals surface area contributed by atoms with Crippen molar-refractivity contribution >= 4 is 27.6 Å². The third-order valence-corrected chi connectivity index (χ3v) is 8.37. The van der Waals surface area contributed by atoms with Gasteiger partial charge < -0.3 is 14.6 Å². The Morgan fingerprint density at radius 3 is 2.03 bits per heavy atom. The van der Waals surface area contributed by atoms with E-state index in [9.17, 15) is 4.79 Å². The molecule has 1 aliphatic heterocycles. The summed E-state index contributed by atoms with van der Waals surface area (Å²) in [5.74, 6) is 0.112. The highest BCUT2D eigenvalue weighted by Crippen LogP contribution is 2.37. The maximum Gasteiger partial charge on any atom is 0.161 e. The van der Waals surface area contributed by atoms with Crippen LogP contribution in [0.4, 0.5) is 0 Å². The molecule has 0 saturated carbocycles. The molecule has 2 aromatic carbocycles. The third kappa shape index (κ3) is 6.03. The zero-order valence-electron chi connectivity index (χ0n) is 22.7. The molecule has 0 spiro atoms. The quantitative estimate of drug-likeness (QED) is 0.234. The van der Waals surface area contributed by atoms with Crippen molar-refractivity contribution in [3.63, 3.8) is 0 Å². The summed E-state index contributed by atoms with van der Waals surface area (Å²) in [6, 6.07) is 16.9. The molecule has 0 bridgehead atoms. The van der Waals surface area contributed by atoms with Crippen molar-refractivity contribution in [1.29, 1.82) is 0 Å². The topological polar surface area (TPSA) is 43.3 Å². The molecule has 36 heavy (non-hydrogen) atoms. The van der Waals surface area contributed by atoms with E-state index in [1.807, 2.05) is 0 Å². The Kier molecular flexibility index (Phi) is 9.61. The van der Waals surface area contributed by atoms with Crippen molar-refractivity contribution in [1.82, 2.24) is 9.88 Å². The summed E-state index contributed by atoms with van der Waals surface area (Å²) in [6.45, 7) is 8.68. The third-order valence-electron chi connectivity index (χ3n) is 8.37. The number of hydrogen-bond acceptors (Lipinski definition) is 3. The molecule has 3 unspecified atom stereocenters. The molecule has 196 valence electrons. The Morgan fingerprint density at radius 1 is 0.917 bits per heavy atom. The van der Waals surface area contributed by atoms with E-state index in [0.29, 0.717) is 12.4 Å². The Labute approximate surface area is 217 Å². The second-order valence-electron chi connectivity index (χ2n) is 11.0. The van der Waals surface area contributed by atoms with E-state index in [2.05, 4.69) is 79.2 Å². The number of aromatic nitrogens is 1. The van der Waals surface area contributed by atoms with Gasteiger partial charge in [0.2, 0.25) is 0 Å². The largest absolute Gasteiger partial charge is 0.372 e. The van der Waals surface area contributed by atoms with Crippen LogP contribution in [0.3, 0.4) is 0 Å². The fraction of sp³-hybridized carbons (Fsp3) is 0.594. The molecule has 1 aromatic heterocycles. The zero-order valence-corrected chi connectivity index (χ0v) is 22.7. The number of rotatable bonds is 14. The molecule has 4 rings (SSSR count). The van der Waals surface area contributed by atoms with Crippen molar-refractivity contribution in [2.24, 2.45) is 5.92 Å². The first-order valence-corrected chi connectivity index (χ1v) is 14.4. The number of carbonyl (C=O) groups excluding carboxylic acids is 1. The standard InChI is InChI=1S/C32H46N2O2/c1-4-5-6-7-8-9-10-11-12-21-30(31(35)25(2)32(3)24-33-22-23-36-32)34-28-19-15-13-17-26(28)27-18-14-16-20-29(27)34/h13-20,25,30,33H,4-12,21-24H2,1-3H3. The van der Waals surface area contributed by atoms with Gasteiger partial charge in [0.05, 0.1) is 18.2 Å². The predicted octanol–water partition coefficient (Wildman–Crippen LogP) is 7.84. The number of hydrogen-bond donors (Lipinski definition) is 1. The molecule has 1 aliphatic rings. The maximum atomic E-state index is 14.3. The minimum absolute atomic E-state index is 0.184. The van der Waals surface area contributed by atoms with Crippen LogP contribution in [0.15, 0.2) is 48.5 Å². The molecule has 1 fully saturated rings. The minimum Gasteiger partial charge on any atom is -0.372 e. The molecule has 1 saturated heterocycles. The highest BCUT2D eigenvalue weighted by Gasteiger charge is 2.41. The molecule has 4 nitrogen and oxygen atoms in total. The molecule has 0 amide bonds. The molecular formula is C32H46N2O2. The Hall–Kier alpha value is -2.17. The number of para-hydroxylation sites is 2. The first kappa shape index (κ1) is 26.9. The lowest BCUT2D eigenvalue weighted by Gasteiger charge is -2.40. The average molecular weight is 491 g/mol. The van der Waals surface area contributed by atoms with Gasteiger partial charge in [0, 0.05) is 40.8 Å². The number of benzene rings is 2. The van der Waals surface area contributed by atoms with Gasteiger partial charge in [-0.2, -0.15) is 0 Å². The van der Waals surface area contributed by atoms with Gasteiger partial charge in [-0.1, -0.05) is 108 Å². The molecule has 3 atom stereocenters. The number of morpholine rings is 1. The fourth-order valence-electron chi connectivity index (χ4n) is 5.95. The molecular weight excluding hydrogens is 444 g/mol. The van der Waals surface area contributed by atoms with Crippen LogP contribution < -0.4 is 5.32 Å². The van der Waals surface area contributed by atoms with E-state index in [0.717, 1.165) is 37.0 Å². The van der Waals surface area contributed by atoms with Gasteiger partial charge in [0.25, 0.3) is 0 Å². The highest BCUT2D eigenvalue weighted by molar-refractivity contribution is 6.09. The number of nitrogens with one attached hydrogen (secondary N) is 1. The molecule has 2 heterocycles. The van der Waals surface area contributed by atoms with Gasteiger partial charge in [-0.25, -0.2) is 0 Å². The van der Waals surface area contributed by atoms with Crippen molar-refractivity contribution in [3.05, 3.63) is 48.5 Å². The molecule has 0 aliphatic carbocycles. The second-order valence-corrected chi connectivity index (χ2v) is 11.0. The Morgan fingerprint density at radius 2 is 1.47 bits per heavy atom. The van der Waals surface area contributed by atoms with Crippen LogP contribution >= 0.6 is 0 Å². The van der Waals surface area contributed by atoms with Crippen molar-refractivity contribution in [3.8, 4) is 0 Å². The second kappa shape index (κ2) is 12.9. The summed E-state index contributed by atoms with van der Waals surface area (Å²) in [6.07, 6.45) is 12.5. The smallest absolute Gasteiger partial charge is 0.161 e. The summed E-state index contributed by atoms with van der Waals surface area (Å²) < 4.78 is 8.54. The lowest BCUT2D eigenvalue weighted by molar-refractivity contribution is -0.142. The molecule has 3 aromatic rings. The van der Waals surface area contributed by atoms with Crippen LogP contribution in [0.5, 0.6) is 0 Å². The SMILES string of the molecule is CCCCCCCCCCCC(C(=O)C(C)C1(C)CNCCO1)n1c2ccccc2c2ccccc21. The van der Waals surface area contributed by atoms with Crippen LogP contribution in [0, 0.1) is 5.92 Å².